The molecule has 2 aromatic carbocycles. The van der Waals surface area contributed by atoms with E-state index in [1.807, 2.05) is 36.7 Å². The van der Waals surface area contributed by atoms with Crippen LogP contribution < -0.4 is 10.2 Å². The predicted octanol–water partition coefficient (Wildman–Crippen LogP) is 4.35. The van der Waals surface area contributed by atoms with E-state index in [0.29, 0.717) is 13.2 Å². The van der Waals surface area contributed by atoms with Crippen molar-refractivity contribution in [3.8, 4) is 11.4 Å². The summed E-state index contributed by atoms with van der Waals surface area (Å²) >= 11 is 0. The van der Waals surface area contributed by atoms with Crippen molar-refractivity contribution in [1.82, 2.24) is 9.78 Å². The van der Waals surface area contributed by atoms with E-state index in [9.17, 15) is 0 Å². The van der Waals surface area contributed by atoms with Crippen LogP contribution in [0.5, 0.6) is 5.75 Å². The van der Waals surface area contributed by atoms with Crippen LogP contribution in [0.15, 0.2) is 42.5 Å². The summed E-state index contributed by atoms with van der Waals surface area (Å²) in [6, 6.07) is 14.2. The minimum Gasteiger partial charge on any atom is -0.497 e. The number of hydrogen-bond acceptors (Lipinski definition) is 4. The molecule has 0 amide bonds. The van der Waals surface area contributed by atoms with Crippen LogP contribution in [-0.2, 0) is 9.05 Å². The minimum atomic E-state index is -1.24. The Morgan fingerprint density at radius 1 is 1.00 bits per heavy atom. The lowest BCUT2D eigenvalue weighted by Gasteiger charge is -2.17. The summed E-state index contributed by atoms with van der Waals surface area (Å²) < 4.78 is 19.2. The number of aromatic nitrogens is 2. The fraction of sp³-hybridized carbons (Fsp3) is 0.316. The van der Waals surface area contributed by atoms with Crippen LogP contribution in [0.3, 0.4) is 0 Å². The van der Waals surface area contributed by atoms with E-state index < -0.39 is 8.38 Å². The van der Waals surface area contributed by atoms with Gasteiger partial charge in [-0.1, -0.05) is 17.7 Å². The van der Waals surface area contributed by atoms with E-state index in [2.05, 4.69) is 31.2 Å². The fourth-order valence-corrected chi connectivity index (χ4v) is 4.09. The SMILES string of the molecule is CCOP(OCC)c1c2cc(OC)ccc2nn1-c1ccc(C)cc1. The monoisotopic (exact) mass is 358 g/mol. The molecule has 0 unspecified atom stereocenters. The number of ether oxygens (including phenoxy) is 1. The van der Waals surface area contributed by atoms with Crippen LogP contribution in [0.25, 0.3) is 16.6 Å². The minimum absolute atomic E-state index is 0.580. The second-order valence-electron chi connectivity index (χ2n) is 5.55. The molecule has 0 bridgehead atoms. The maximum absolute atomic E-state index is 5.94. The van der Waals surface area contributed by atoms with Gasteiger partial charge < -0.3 is 13.8 Å². The van der Waals surface area contributed by atoms with E-state index in [-0.39, 0.29) is 0 Å². The lowest BCUT2D eigenvalue weighted by atomic mass is 10.2. The first-order valence-corrected chi connectivity index (χ1v) is 9.55. The average Bonchev–Trinajstić information content (AvgIpc) is 3.00. The summed E-state index contributed by atoms with van der Waals surface area (Å²) in [6.07, 6.45) is 0. The highest BCUT2D eigenvalue weighted by Crippen LogP contribution is 2.40. The van der Waals surface area contributed by atoms with Crippen molar-refractivity contribution in [2.75, 3.05) is 20.3 Å². The molecule has 5 nitrogen and oxygen atoms in total. The normalized spacial score (nSPS) is 11.4. The molecule has 0 fully saturated rings. The Balaban J connectivity index is 2.23. The molecule has 0 saturated heterocycles. The number of aryl methyl sites for hydroxylation is 1. The Kier molecular flexibility index (Phi) is 5.69. The number of benzene rings is 2. The van der Waals surface area contributed by atoms with Crippen LogP contribution >= 0.6 is 8.38 Å². The van der Waals surface area contributed by atoms with Crippen molar-refractivity contribution in [2.24, 2.45) is 0 Å². The Morgan fingerprint density at radius 2 is 1.68 bits per heavy atom. The largest absolute Gasteiger partial charge is 0.497 e. The summed E-state index contributed by atoms with van der Waals surface area (Å²) in [6.45, 7) is 7.18. The highest BCUT2D eigenvalue weighted by molar-refractivity contribution is 7.56. The van der Waals surface area contributed by atoms with Gasteiger partial charge in [0.1, 0.15) is 11.2 Å². The molecule has 0 aliphatic heterocycles. The summed E-state index contributed by atoms with van der Waals surface area (Å²) in [4.78, 5) is 0. The standard InChI is InChI=1S/C19H23N2O3P/c1-5-23-25(24-6-2)19-17-13-16(22-4)11-12-18(17)20-21(19)15-9-7-14(3)8-10-15/h7-13H,5-6H2,1-4H3. The van der Waals surface area contributed by atoms with Gasteiger partial charge in [-0.25, -0.2) is 4.68 Å². The lowest BCUT2D eigenvalue weighted by Crippen LogP contribution is -2.18. The summed E-state index contributed by atoms with van der Waals surface area (Å²) in [7, 11) is 0.423. The molecule has 0 saturated carbocycles. The zero-order valence-electron chi connectivity index (χ0n) is 15.0. The Hall–Kier alpha value is -1.94. The average molecular weight is 358 g/mol. The van der Waals surface area contributed by atoms with Crippen LogP contribution in [0.2, 0.25) is 0 Å². The van der Waals surface area contributed by atoms with Crippen LogP contribution in [-0.4, -0.2) is 30.1 Å². The maximum atomic E-state index is 5.94. The van der Waals surface area contributed by atoms with Gasteiger partial charge in [-0.05, 0) is 51.1 Å². The molecular formula is C19H23N2O3P. The Bertz CT molecular complexity index is 840. The van der Waals surface area contributed by atoms with Gasteiger partial charge in [0.05, 0.1) is 31.5 Å². The lowest BCUT2D eigenvalue weighted by molar-refractivity contribution is 0.276. The summed E-state index contributed by atoms with van der Waals surface area (Å²) in [5, 5.41) is 5.78. The second-order valence-corrected chi connectivity index (χ2v) is 7.00. The first kappa shape index (κ1) is 17.9. The predicted molar refractivity (Wildman–Crippen MR) is 102 cm³/mol. The van der Waals surface area contributed by atoms with Crippen molar-refractivity contribution >= 4 is 24.7 Å². The molecule has 0 radical (unpaired) electrons. The number of hydrogen-bond donors (Lipinski definition) is 0. The summed E-state index contributed by atoms with van der Waals surface area (Å²) in [5.41, 5.74) is 4.03. The van der Waals surface area contributed by atoms with Crippen LogP contribution in [0.4, 0.5) is 0 Å². The third-order valence-corrected chi connectivity index (χ3v) is 5.56. The molecule has 1 heterocycles. The van der Waals surface area contributed by atoms with E-state index in [1.165, 1.54) is 5.56 Å². The number of fused-ring (bicyclic) bond motifs is 1. The first-order chi connectivity index (χ1) is 12.2. The highest BCUT2D eigenvalue weighted by Gasteiger charge is 2.24. The van der Waals surface area contributed by atoms with E-state index >= 15 is 0 Å². The van der Waals surface area contributed by atoms with E-state index in [4.69, 9.17) is 18.9 Å². The van der Waals surface area contributed by atoms with Crippen molar-refractivity contribution in [3.63, 3.8) is 0 Å². The zero-order chi connectivity index (χ0) is 17.8. The molecule has 0 aliphatic rings. The quantitative estimate of drug-likeness (QED) is 0.589. The molecule has 132 valence electrons. The maximum Gasteiger partial charge on any atom is 0.225 e. The van der Waals surface area contributed by atoms with E-state index in [1.54, 1.807) is 7.11 Å². The van der Waals surface area contributed by atoms with Gasteiger partial charge in [-0.15, -0.1) is 0 Å². The Morgan fingerprint density at radius 3 is 2.28 bits per heavy atom. The van der Waals surface area contributed by atoms with Crippen molar-refractivity contribution in [1.29, 1.82) is 0 Å². The third-order valence-electron chi connectivity index (χ3n) is 3.80. The molecule has 6 heteroatoms. The molecule has 0 spiro atoms. The number of nitrogens with zero attached hydrogens (tertiary/aromatic N) is 2. The number of rotatable bonds is 7. The van der Waals surface area contributed by atoms with Crippen molar-refractivity contribution in [3.05, 3.63) is 48.0 Å². The van der Waals surface area contributed by atoms with Crippen molar-refractivity contribution in [2.45, 2.75) is 20.8 Å². The number of methoxy groups -OCH3 is 1. The molecule has 3 rings (SSSR count). The van der Waals surface area contributed by atoms with Gasteiger partial charge in [0.15, 0.2) is 0 Å². The van der Waals surface area contributed by atoms with E-state index in [0.717, 1.165) is 27.8 Å². The molecule has 3 aromatic rings. The second kappa shape index (κ2) is 7.96. The third kappa shape index (κ3) is 3.69. The first-order valence-electron chi connectivity index (χ1n) is 8.37. The smallest absolute Gasteiger partial charge is 0.225 e. The molecule has 25 heavy (non-hydrogen) atoms. The van der Waals surface area contributed by atoms with Gasteiger partial charge in [-0.2, -0.15) is 5.10 Å². The van der Waals surface area contributed by atoms with Gasteiger partial charge in [0, 0.05) is 5.39 Å². The zero-order valence-corrected chi connectivity index (χ0v) is 15.9. The van der Waals surface area contributed by atoms with Crippen LogP contribution in [0, 0.1) is 6.92 Å². The van der Waals surface area contributed by atoms with Gasteiger partial charge in [-0.3, -0.25) is 0 Å². The van der Waals surface area contributed by atoms with Gasteiger partial charge in [0.2, 0.25) is 8.38 Å². The summed E-state index contributed by atoms with van der Waals surface area (Å²) in [5.74, 6) is 0.792. The van der Waals surface area contributed by atoms with Gasteiger partial charge in [0.25, 0.3) is 0 Å². The molecular weight excluding hydrogens is 335 g/mol. The highest BCUT2D eigenvalue weighted by atomic mass is 31.2. The molecule has 0 atom stereocenters. The van der Waals surface area contributed by atoms with Gasteiger partial charge >= 0.3 is 0 Å². The molecule has 0 aliphatic carbocycles. The topological polar surface area (TPSA) is 45.5 Å². The van der Waals surface area contributed by atoms with Crippen LogP contribution in [0.1, 0.15) is 19.4 Å². The fourth-order valence-electron chi connectivity index (χ4n) is 2.61. The molecule has 0 N–H and O–H groups in total. The Labute approximate surface area is 149 Å². The van der Waals surface area contributed by atoms with Crippen molar-refractivity contribution < 1.29 is 13.8 Å². The molecule has 1 aromatic heterocycles.